The van der Waals surface area contributed by atoms with Crippen LogP contribution in [0.2, 0.25) is 0 Å². The first-order valence-electron chi connectivity index (χ1n) is 14.9. The lowest BCUT2D eigenvalue weighted by Crippen LogP contribution is -2.65. The Hall–Kier alpha value is -4.90. The van der Waals surface area contributed by atoms with Crippen molar-refractivity contribution in [1.82, 2.24) is 10.0 Å². The predicted octanol–water partition coefficient (Wildman–Crippen LogP) is 6.10. The van der Waals surface area contributed by atoms with Crippen LogP contribution in [0.3, 0.4) is 0 Å². The summed E-state index contributed by atoms with van der Waals surface area (Å²) in [5.41, 5.74) is 1.30. The number of halogens is 1. The minimum atomic E-state index is -3.38. The lowest BCUT2D eigenvalue weighted by molar-refractivity contribution is -0.209. The molecule has 1 aliphatic rings. The average molecular weight is 627 g/mol. The fourth-order valence-electron chi connectivity index (χ4n) is 5.25. The lowest BCUT2D eigenvalue weighted by Gasteiger charge is -2.42. The Morgan fingerprint density at radius 2 is 1.39 bits per heavy atom. The number of rotatable bonds is 14. The van der Waals surface area contributed by atoms with E-state index in [1.807, 2.05) is 48.5 Å². The fraction of sp³-hybridized carbons (Fsp3) is 0.250. The minimum Gasteiger partial charge on any atom is -0.460 e. The van der Waals surface area contributed by atoms with Gasteiger partial charge in [-0.1, -0.05) is 78.9 Å². The molecule has 10 heteroatoms. The van der Waals surface area contributed by atoms with E-state index >= 15 is 4.39 Å². The number of esters is 2. The molecule has 1 saturated heterocycles. The zero-order valence-electron chi connectivity index (χ0n) is 25.4. The van der Waals surface area contributed by atoms with E-state index in [9.17, 15) is 14.4 Å². The quantitative estimate of drug-likeness (QED) is 0.0541. The number of hydrogen-bond donors (Lipinski definition) is 0. The van der Waals surface area contributed by atoms with Crippen LogP contribution in [0.4, 0.5) is 4.39 Å². The third-order valence-corrected chi connectivity index (χ3v) is 7.54. The molecule has 0 radical (unpaired) electrons. The van der Waals surface area contributed by atoms with Crippen molar-refractivity contribution in [2.24, 2.45) is 0 Å². The molecule has 2 atom stereocenters. The smallest absolute Gasteiger partial charge is 0.371 e. The first-order chi connectivity index (χ1) is 22.4. The molecule has 0 aliphatic carbocycles. The SMILES string of the molecule is COCOC(=O)C(F)(C(=O)c1ccc(Oc2ccccc2)cc1)N(Cc1ccccc1)N1CCCC1C(=O)OCc1ccccc1. The van der Waals surface area contributed by atoms with Gasteiger partial charge in [-0.25, -0.2) is 14.2 Å². The number of ketones is 1. The maximum atomic E-state index is 17.7. The zero-order valence-corrected chi connectivity index (χ0v) is 25.4. The Morgan fingerprint density at radius 1 is 0.804 bits per heavy atom. The van der Waals surface area contributed by atoms with Crippen molar-refractivity contribution in [2.75, 3.05) is 20.4 Å². The highest BCUT2D eigenvalue weighted by Gasteiger charge is 2.58. The molecule has 46 heavy (non-hydrogen) atoms. The van der Waals surface area contributed by atoms with Gasteiger partial charge in [0.1, 0.15) is 24.1 Å². The average Bonchev–Trinajstić information content (AvgIpc) is 3.59. The van der Waals surface area contributed by atoms with Crippen LogP contribution in [0, 0.1) is 0 Å². The summed E-state index contributed by atoms with van der Waals surface area (Å²) in [6.07, 6.45) is 0.834. The molecule has 238 valence electrons. The van der Waals surface area contributed by atoms with Crippen molar-refractivity contribution in [1.29, 1.82) is 0 Å². The Balaban J connectivity index is 1.48. The molecule has 4 aromatic carbocycles. The van der Waals surface area contributed by atoms with E-state index in [2.05, 4.69) is 0 Å². The Kier molecular flexibility index (Phi) is 10.9. The van der Waals surface area contributed by atoms with Crippen molar-refractivity contribution in [3.63, 3.8) is 0 Å². The Labute approximate surface area is 267 Å². The maximum absolute atomic E-state index is 17.7. The van der Waals surface area contributed by atoms with Gasteiger partial charge in [0.05, 0.1) is 0 Å². The first-order valence-corrected chi connectivity index (χ1v) is 14.9. The van der Waals surface area contributed by atoms with Crippen molar-refractivity contribution >= 4 is 17.7 Å². The lowest BCUT2D eigenvalue weighted by atomic mass is 10.00. The van der Waals surface area contributed by atoms with Crippen molar-refractivity contribution < 1.29 is 37.7 Å². The van der Waals surface area contributed by atoms with E-state index in [0.717, 1.165) is 10.6 Å². The standard InChI is InChI=1S/C36H35FN2O7/c1-43-26-45-35(42)36(37,33(40)29-19-21-31(22-20-29)46-30-16-9-4-10-17-30)39(24-27-12-5-2-6-13-27)38-23-11-18-32(38)34(41)44-25-28-14-7-3-8-15-28/h2-10,12-17,19-22,32H,11,18,23-26H2,1H3. The second kappa shape index (κ2) is 15.4. The number of alkyl halides is 1. The summed E-state index contributed by atoms with van der Waals surface area (Å²) < 4.78 is 39.2. The van der Waals surface area contributed by atoms with Gasteiger partial charge in [-0.15, -0.1) is 0 Å². The molecule has 2 unspecified atom stereocenters. The number of hydrogen-bond acceptors (Lipinski definition) is 9. The first kappa shape index (κ1) is 32.5. The molecule has 1 aliphatic heterocycles. The monoisotopic (exact) mass is 626 g/mol. The van der Waals surface area contributed by atoms with Crippen LogP contribution in [0.1, 0.15) is 34.3 Å². The number of ether oxygens (including phenoxy) is 4. The molecular weight excluding hydrogens is 591 g/mol. The molecular formula is C36H35FN2O7. The number of nitrogens with zero attached hydrogens (tertiary/aromatic N) is 2. The summed E-state index contributed by atoms with van der Waals surface area (Å²) in [6.45, 7) is -0.583. The second-order valence-electron chi connectivity index (χ2n) is 10.7. The van der Waals surface area contributed by atoms with Gasteiger partial charge in [0.25, 0.3) is 0 Å². The van der Waals surface area contributed by atoms with Gasteiger partial charge in [0.15, 0.2) is 6.79 Å². The molecule has 1 fully saturated rings. The van der Waals surface area contributed by atoms with Gasteiger partial charge in [-0.2, -0.15) is 5.01 Å². The number of methoxy groups -OCH3 is 1. The van der Waals surface area contributed by atoms with Crippen LogP contribution in [0.15, 0.2) is 115 Å². The van der Waals surface area contributed by atoms with Crippen molar-refractivity contribution in [2.45, 2.75) is 37.8 Å². The second-order valence-corrected chi connectivity index (χ2v) is 10.7. The topological polar surface area (TPSA) is 94.6 Å². The fourth-order valence-corrected chi connectivity index (χ4v) is 5.25. The van der Waals surface area contributed by atoms with E-state index < -0.39 is 36.3 Å². The predicted molar refractivity (Wildman–Crippen MR) is 167 cm³/mol. The third kappa shape index (κ3) is 7.66. The van der Waals surface area contributed by atoms with Crippen LogP contribution in [0.5, 0.6) is 11.5 Å². The highest BCUT2D eigenvalue weighted by Crippen LogP contribution is 2.34. The maximum Gasteiger partial charge on any atom is 0.371 e. The van der Waals surface area contributed by atoms with Crippen LogP contribution in [0.25, 0.3) is 0 Å². The molecule has 0 aromatic heterocycles. The van der Waals surface area contributed by atoms with Crippen LogP contribution in [-0.2, 0) is 37.0 Å². The summed E-state index contributed by atoms with van der Waals surface area (Å²) in [5, 5.41) is 2.41. The van der Waals surface area contributed by atoms with Gasteiger partial charge < -0.3 is 18.9 Å². The van der Waals surface area contributed by atoms with E-state index in [1.54, 1.807) is 42.5 Å². The summed E-state index contributed by atoms with van der Waals surface area (Å²) in [5.74, 6) is -5.61. The van der Waals surface area contributed by atoms with Gasteiger partial charge >= 0.3 is 17.7 Å². The van der Waals surface area contributed by atoms with E-state index in [0.29, 0.717) is 29.9 Å². The van der Waals surface area contributed by atoms with Crippen LogP contribution < -0.4 is 4.74 Å². The van der Waals surface area contributed by atoms with Gasteiger partial charge in [0, 0.05) is 25.8 Å². The van der Waals surface area contributed by atoms with Gasteiger partial charge in [-0.3, -0.25) is 9.59 Å². The largest absolute Gasteiger partial charge is 0.460 e. The third-order valence-electron chi connectivity index (χ3n) is 7.54. The molecule has 9 nitrogen and oxygen atoms in total. The molecule has 0 N–H and O–H groups in total. The summed E-state index contributed by atoms with van der Waals surface area (Å²) in [6, 6.07) is 31.9. The van der Waals surface area contributed by atoms with Crippen LogP contribution >= 0.6 is 0 Å². The van der Waals surface area contributed by atoms with Crippen molar-refractivity contribution in [3.05, 3.63) is 132 Å². The van der Waals surface area contributed by atoms with Crippen LogP contribution in [-0.4, -0.2) is 60.0 Å². The molecule has 0 spiro atoms. The van der Waals surface area contributed by atoms with E-state index in [-0.39, 0.29) is 25.3 Å². The molecule has 4 aromatic rings. The van der Waals surface area contributed by atoms with Gasteiger partial charge in [0.2, 0.25) is 5.78 Å². The van der Waals surface area contributed by atoms with E-state index in [1.165, 1.54) is 36.4 Å². The van der Waals surface area contributed by atoms with E-state index in [4.69, 9.17) is 18.9 Å². The van der Waals surface area contributed by atoms with Crippen molar-refractivity contribution in [3.8, 4) is 11.5 Å². The highest BCUT2D eigenvalue weighted by molar-refractivity contribution is 6.15. The summed E-state index contributed by atoms with van der Waals surface area (Å²) in [7, 11) is 1.28. The molecule has 1 heterocycles. The summed E-state index contributed by atoms with van der Waals surface area (Å²) in [4.78, 5) is 41.2. The number of Topliss-reactive ketones (excluding diaryl/α,β-unsaturated/α-hetero) is 1. The normalized spacial score (nSPS) is 16.0. The highest BCUT2D eigenvalue weighted by atomic mass is 19.1. The molecule has 0 bridgehead atoms. The Morgan fingerprint density at radius 3 is 2.02 bits per heavy atom. The zero-order chi connectivity index (χ0) is 32.4. The number of benzene rings is 4. The Bertz CT molecular complexity index is 1590. The number of carbonyl (C=O) groups is 3. The summed E-state index contributed by atoms with van der Waals surface area (Å²) >= 11 is 0. The number of carbonyl (C=O) groups excluding carboxylic acids is 3. The molecule has 5 rings (SSSR count). The molecule has 0 saturated carbocycles. The van der Waals surface area contributed by atoms with Gasteiger partial charge in [-0.05, 0) is 60.4 Å². The minimum absolute atomic E-state index is 0.0235. The number of hydrazine groups is 1. The molecule has 0 amide bonds. The number of para-hydroxylation sites is 1.